The van der Waals surface area contributed by atoms with Crippen LogP contribution in [0.5, 0.6) is 11.5 Å². The lowest BCUT2D eigenvalue weighted by atomic mass is 10.1. The molecule has 3 rings (SSSR count). The molecule has 0 unspecified atom stereocenters. The largest absolute Gasteiger partial charge is 0.490 e. The first-order valence-electron chi connectivity index (χ1n) is 9.46. The number of rotatable bonds is 8. The number of aromatic nitrogens is 1. The number of anilines is 1. The van der Waals surface area contributed by atoms with Crippen molar-refractivity contribution in [3.8, 4) is 33.3 Å². The molecule has 2 aromatic carbocycles. The molecule has 0 saturated carbocycles. The van der Waals surface area contributed by atoms with Gasteiger partial charge >= 0.3 is 0 Å². The predicted octanol–water partition coefficient (Wildman–Crippen LogP) is 6.04. The minimum atomic E-state index is -1.09. The molecule has 8 heteroatoms. The van der Waals surface area contributed by atoms with Crippen LogP contribution in [0.15, 0.2) is 47.8 Å². The Hall–Kier alpha value is -2.28. The van der Waals surface area contributed by atoms with Gasteiger partial charge in [0.2, 0.25) is 0 Å². The highest BCUT2D eigenvalue weighted by Crippen LogP contribution is 2.35. The number of benzene rings is 2. The van der Waals surface area contributed by atoms with E-state index in [9.17, 15) is 4.79 Å². The normalized spacial score (nSPS) is 10.9. The van der Waals surface area contributed by atoms with Crippen molar-refractivity contribution >= 4 is 46.1 Å². The average molecular weight is 465 g/mol. The van der Waals surface area contributed by atoms with Gasteiger partial charge < -0.3 is 14.4 Å². The second-order valence-corrected chi connectivity index (χ2v) is 8.26. The molecule has 0 atom stereocenters. The summed E-state index contributed by atoms with van der Waals surface area (Å²) in [4.78, 5) is 17.0. The maximum absolute atomic E-state index is 11.9. The van der Waals surface area contributed by atoms with Crippen molar-refractivity contribution in [3.05, 3.63) is 47.8 Å². The van der Waals surface area contributed by atoms with Gasteiger partial charge in [0, 0.05) is 29.2 Å². The third kappa shape index (κ3) is 5.06. The summed E-state index contributed by atoms with van der Waals surface area (Å²) < 4.78 is 11.3. The Bertz CT molecular complexity index is 1010. The van der Waals surface area contributed by atoms with E-state index in [4.69, 9.17) is 37.7 Å². The number of carbonyl (C=O) groups is 1. The molecule has 1 amide bonds. The van der Waals surface area contributed by atoms with Gasteiger partial charge in [-0.3, -0.25) is 4.79 Å². The standard InChI is InChI=1S/C22H22Cl2N2O3S/c1-4-28-18-11-8-15(12-19(18)29-5-2)21-25-17(13-30-21)14-6-9-16(10-7-14)26(3)22(27)20(23)24/h6-13,20H,4-5H2,1-3H3. The van der Waals surface area contributed by atoms with Gasteiger partial charge in [0.1, 0.15) is 5.01 Å². The van der Waals surface area contributed by atoms with Gasteiger partial charge in [0.25, 0.3) is 5.91 Å². The maximum atomic E-state index is 11.9. The Labute approximate surface area is 190 Å². The Morgan fingerprint density at radius 3 is 2.30 bits per heavy atom. The van der Waals surface area contributed by atoms with Crippen LogP contribution in [0, 0.1) is 0 Å². The molecule has 0 bridgehead atoms. The first-order valence-corrected chi connectivity index (χ1v) is 11.2. The summed E-state index contributed by atoms with van der Waals surface area (Å²) in [6, 6.07) is 13.4. The van der Waals surface area contributed by atoms with Crippen LogP contribution in [0.4, 0.5) is 5.69 Å². The van der Waals surface area contributed by atoms with Gasteiger partial charge in [-0.1, -0.05) is 35.3 Å². The zero-order valence-corrected chi connectivity index (χ0v) is 19.2. The predicted molar refractivity (Wildman–Crippen MR) is 124 cm³/mol. The number of hydrogen-bond donors (Lipinski definition) is 0. The van der Waals surface area contributed by atoms with E-state index in [0.29, 0.717) is 24.7 Å². The molecule has 1 heterocycles. The second-order valence-electron chi connectivity index (χ2n) is 6.31. The van der Waals surface area contributed by atoms with Gasteiger partial charge in [-0.05, 0) is 44.2 Å². The lowest BCUT2D eigenvalue weighted by molar-refractivity contribution is -0.116. The number of nitrogens with zero attached hydrogens (tertiary/aromatic N) is 2. The number of amides is 1. The molecule has 1 aromatic heterocycles. The highest BCUT2D eigenvalue weighted by Gasteiger charge is 2.18. The second kappa shape index (κ2) is 10.2. The van der Waals surface area contributed by atoms with Gasteiger partial charge in [-0.25, -0.2) is 4.98 Å². The molecule has 0 aliphatic carbocycles. The van der Waals surface area contributed by atoms with Gasteiger partial charge in [0.05, 0.1) is 18.9 Å². The molecule has 3 aromatic rings. The molecule has 0 fully saturated rings. The lowest BCUT2D eigenvalue weighted by Gasteiger charge is -2.17. The number of hydrogen-bond acceptors (Lipinski definition) is 5. The summed E-state index contributed by atoms with van der Waals surface area (Å²) in [6.45, 7) is 5.02. The van der Waals surface area contributed by atoms with Crippen LogP contribution in [0.3, 0.4) is 0 Å². The molecule has 30 heavy (non-hydrogen) atoms. The fourth-order valence-corrected chi connectivity index (χ4v) is 3.97. The van der Waals surface area contributed by atoms with E-state index in [2.05, 4.69) is 0 Å². The summed E-state index contributed by atoms with van der Waals surface area (Å²) in [5.41, 5.74) is 3.48. The highest BCUT2D eigenvalue weighted by molar-refractivity contribution is 7.13. The molecule has 0 spiro atoms. The quantitative estimate of drug-likeness (QED) is 0.381. The van der Waals surface area contributed by atoms with E-state index in [-0.39, 0.29) is 5.91 Å². The number of alkyl halides is 2. The van der Waals surface area contributed by atoms with E-state index in [1.54, 1.807) is 18.4 Å². The first-order chi connectivity index (χ1) is 14.4. The Kier molecular flexibility index (Phi) is 7.58. The fourth-order valence-electron chi connectivity index (χ4n) is 2.85. The van der Waals surface area contributed by atoms with Crippen LogP contribution in [-0.2, 0) is 4.79 Å². The van der Waals surface area contributed by atoms with E-state index < -0.39 is 4.84 Å². The molecule has 0 aliphatic heterocycles. The Balaban J connectivity index is 1.83. The van der Waals surface area contributed by atoms with E-state index in [1.165, 1.54) is 4.90 Å². The highest BCUT2D eigenvalue weighted by atomic mass is 35.5. The minimum Gasteiger partial charge on any atom is -0.490 e. The van der Waals surface area contributed by atoms with E-state index in [0.717, 1.165) is 27.6 Å². The minimum absolute atomic E-state index is 0.373. The maximum Gasteiger partial charge on any atom is 0.260 e. The zero-order chi connectivity index (χ0) is 21.7. The van der Waals surface area contributed by atoms with Crippen LogP contribution in [0.25, 0.3) is 21.8 Å². The number of thiazole rings is 1. The monoisotopic (exact) mass is 464 g/mol. The van der Waals surface area contributed by atoms with Crippen LogP contribution >= 0.6 is 34.5 Å². The van der Waals surface area contributed by atoms with Crippen LogP contribution in [0.2, 0.25) is 0 Å². The smallest absolute Gasteiger partial charge is 0.260 e. The van der Waals surface area contributed by atoms with Crippen molar-refractivity contribution < 1.29 is 14.3 Å². The van der Waals surface area contributed by atoms with Crippen LogP contribution < -0.4 is 14.4 Å². The van der Waals surface area contributed by atoms with Gasteiger partial charge in [0.15, 0.2) is 16.3 Å². The summed E-state index contributed by atoms with van der Waals surface area (Å²) >= 11 is 12.9. The topological polar surface area (TPSA) is 51.7 Å². The summed E-state index contributed by atoms with van der Waals surface area (Å²) in [5, 5.41) is 2.89. The van der Waals surface area contributed by atoms with Crippen molar-refractivity contribution in [2.75, 3.05) is 25.2 Å². The molecule has 0 saturated heterocycles. The molecule has 0 radical (unpaired) electrons. The third-order valence-corrected chi connectivity index (χ3v) is 5.63. The number of carbonyl (C=O) groups excluding carboxylic acids is 1. The molecule has 5 nitrogen and oxygen atoms in total. The van der Waals surface area contributed by atoms with Crippen LogP contribution in [0.1, 0.15) is 13.8 Å². The number of halogens is 2. The van der Waals surface area contributed by atoms with Crippen molar-refractivity contribution in [1.82, 2.24) is 4.98 Å². The lowest BCUT2D eigenvalue weighted by Crippen LogP contribution is -2.30. The summed E-state index contributed by atoms with van der Waals surface area (Å²) in [5.74, 6) is 1.07. The molecular weight excluding hydrogens is 443 g/mol. The average Bonchev–Trinajstić information content (AvgIpc) is 3.24. The van der Waals surface area contributed by atoms with Gasteiger partial charge in [-0.15, -0.1) is 11.3 Å². The fraction of sp³-hybridized carbons (Fsp3) is 0.273. The molecular formula is C22H22Cl2N2O3S. The van der Waals surface area contributed by atoms with E-state index in [1.807, 2.05) is 61.7 Å². The van der Waals surface area contributed by atoms with Crippen molar-refractivity contribution in [3.63, 3.8) is 0 Å². The summed E-state index contributed by atoms with van der Waals surface area (Å²) in [6.07, 6.45) is 0. The Morgan fingerprint density at radius 2 is 1.67 bits per heavy atom. The van der Waals surface area contributed by atoms with Crippen molar-refractivity contribution in [2.45, 2.75) is 18.7 Å². The van der Waals surface area contributed by atoms with E-state index >= 15 is 0 Å². The van der Waals surface area contributed by atoms with Gasteiger partial charge in [-0.2, -0.15) is 0 Å². The molecule has 0 N–H and O–H groups in total. The first kappa shape index (κ1) is 22.4. The molecule has 158 valence electrons. The molecule has 0 aliphatic rings. The zero-order valence-electron chi connectivity index (χ0n) is 16.9. The van der Waals surface area contributed by atoms with Crippen LogP contribution in [-0.4, -0.2) is 36.0 Å². The van der Waals surface area contributed by atoms with Crippen molar-refractivity contribution in [2.24, 2.45) is 0 Å². The summed E-state index contributed by atoms with van der Waals surface area (Å²) in [7, 11) is 1.64. The number of ether oxygens (including phenoxy) is 2. The Morgan fingerprint density at radius 1 is 1.03 bits per heavy atom. The third-order valence-electron chi connectivity index (χ3n) is 4.36. The SMILES string of the molecule is CCOc1ccc(-c2nc(-c3ccc(N(C)C(=O)C(Cl)Cl)cc3)cs2)cc1OCC. The van der Waals surface area contributed by atoms with Crippen molar-refractivity contribution in [1.29, 1.82) is 0 Å².